The highest BCUT2D eigenvalue weighted by Crippen LogP contribution is 2.15. The van der Waals surface area contributed by atoms with Gasteiger partial charge in [-0.15, -0.1) is 0 Å². The Kier molecular flexibility index (Phi) is 1.85. The van der Waals surface area contributed by atoms with Gasteiger partial charge < -0.3 is 4.57 Å². The molecule has 2 rings (SSSR count). The first kappa shape index (κ1) is 8.32. The van der Waals surface area contributed by atoms with E-state index in [4.69, 9.17) is 11.6 Å². The largest absolute Gasteiger partial charge is 0.318 e. The van der Waals surface area contributed by atoms with Gasteiger partial charge in [-0.1, -0.05) is 11.6 Å². The molecule has 0 amide bonds. The lowest BCUT2D eigenvalue weighted by Gasteiger charge is -2.00. The van der Waals surface area contributed by atoms with Gasteiger partial charge >= 0.3 is 0 Å². The molecule has 0 bridgehead atoms. The van der Waals surface area contributed by atoms with Crippen molar-refractivity contribution >= 4 is 22.4 Å². The number of fused-ring (bicyclic) bond motifs is 1. The molecule has 1 aromatic carbocycles. The van der Waals surface area contributed by atoms with Crippen molar-refractivity contribution in [3.8, 4) is 0 Å². The smallest absolute Gasteiger partial charge is 0.258 e. The number of aryl methyl sites for hydroxylation is 1. The molecule has 2 nitrogen and oxygen atoms in total. The van der Waals surface area contributed by atoms with Gasteiger partial charge in [-0.3, -0.25) is 4.79 Å². The highest BCUT2D eigenvalue weighted by atomic mass is 35.5. The molecule has 1 aromatic heterocycles. The SMILES string of the molecule is Cn1ccc2cc(Cl)ccc2c1=O. The van der Waals surface area contributed by atoms with Crippen LogP contribution in [-0.2, 0) is 7.05 Å². The molecule has 0 atom stereocenters. The third kappa shape index (κ3) is 1.33. The molecular formula is C10H8ClNO. The van der Waals surface area contributed by atoms with Crippen molar-refractivity contribution in [2.45, 2.75) is 0 Å². The fourth-order valence-electron chi connectivity index (χ4n) is 1.32. The summed E-state index contributed by atoms with van der Waals surface area (Å²) in [5.74, 6) is 0. The van der Waals surface area contributed by atoms with E-state index >= 15 is 0 Å². The van der Waals surface area contributed by atoms with Crippen molar-refractivity contribution in [1.82, 2.24) is 4.57 Å². The molecule has 0 saturated carbocycles. The van der Waals surface area contributed by atoms with Gasteiger partial charge in [-0.2, -0.15) is 0 Å². The Bertz CT molecular complexity index is 516. The predicted octanol–water partition coefficient (Wildman–Crippen LogP) is 2.19. The van der Waals surface area contributed by atoms with Crippen molar-refractivity contribution in [3.05, 3.63) is 45.8 Å². The molecule has 0 fully saturated rings. The molecular weight excluding hydrogens is 186 g/mol. The summed E-state index contributed by atoms with van der Waals surface area (Å²) in [6, 6.07) is 7.15. The van der Waals surface area contributed by atoms with Gasteiger partial charge in [0, 0.05) is 23.7 Å². The van der Waals surface area contributed by atoms with Crippen molar-refractivity contribution in [1.29, 1.82) is 0 Å². The maximum absolute atomic E-state index is 11.6. The topological polar surface area (TPSA) is 22.0 Å². The number of rotatable bonds is 0. The number of nitrogens with zero attached hydrogens (tertiary/aromatic N) is 1. The number of pyridine rings is 1. The summed E-state index contributed by atoms with van der Waals surface area (Å²) in [6.45, 7) is 0. The molecule has 0 aliphatic rings. The molecule has 13 heavy (non-hydrogen) atoms. The minimum absolute atomic E-state index is 0.00849. The molecule has 0 aliphatic carbocycles. The first-order chi connectivity index (χ1) is 6.18. The fourth-order valence-corrected chi connectivity index (χ4v) is 1.50. The Morgan fingerprint density at radius 2 is 2.08 bits per heavy atom. The van der Waals surface area contributed by atoms with Gasteiger partial charge in [0.2, 0.25) is 0 Å². The molecule has 0 saturated heterocycles. The molecule has 66 valence electrons. The second kappa shape index (κ2) is 2.89. The summed E-state index contributed by atoms with van der Waals surface area (Å²) < 4.78 is 1.55. The number of hydrogen-bond donors (Lipinski definition) is 0. The zero-order valence-electron chi connectivity index (χ0n) is 7.12. The lowest BCUT2D eigenvalue weighted by atomic mass is 10.2. The van der Waals surface area contributed by atoms with Crippen LogP contribution in [-0.4, -0.2) is 4.57 Å². The van der Waals surface area contributed by atoms with Gasteiger partial charge in [0.05, 0.1) is 0 Å². The summed E-state index contributed by atoms with van der Waals surface area (Å²) >= 11 is 5.80. The van der Waals surface area contributed by atoms with Crippen LogP contribution < -0.4 is 5.56 Å². The van der Waals surface area contributed by atoms with E-state index in [2.05, 4.69) is 0 Å². The zero-order valence-corrected chi connectivity index (χ0v) is 7.88. The van der Waals surface area contributed by atoms with Crippen molar-refractivity contribution in [3.63, 3.8) is 0 Å². The van der Waals surface area contributed by atoms with Crippen molar-refractivity contribution < 1.29 is 0 Å². The monoisotopic (exact) mass is 193 g/mol. The van der Waals surface area contributed by atoms with Crippen molar-refractivity contribution in [2.24, 2.45) is 7.05 Å². The van der Waals surface area contributed by atoms with Crippen LogP contribution in [0.15, 0.2) is 35.3 Å². The van der Waals surface area contributed by atoms with E-state index in [0.717, 1.165) is 5.39 Å². The van der Waals surface area contributed by atoms with E-state index in [-0.39, 0.29) is 5.56 Å². The second-order valence-corrected chi connectivity index (χ2v) is 3.40. The zero-order chi connectivity index (χ0) is 9.42. The average Bonchev–Trinajstić information content (AvgIpc) is 2.12. The first-order valence-corrected chi connectivity index (χ1v) is 4.31. The molecule has 2 aromatic rings. The number of hydrogen-bond acceptors (Lipinski definition) is 1. The normalized spacial score (nSPS) is 10.6. The molecule has 0 spiro atoms. The van der Waals surface area contributed by atoms with E-state index in [0.29, 0.717) is 10.4 Å². The van der Waals surface area contributed by atoms with Crippen molar-refractivity contribution in [2.75, 3.05) is 0 Å². The van der Waals surface area contributed by atoms with Crippen LogP contribution >= 0.6 is 11.6 Å². The summed E-state index contributed by atoms with van der Waals surface area (Å²) in [7, 11) is 1.73. The number of benzene rings is 1. The molecule has 1 heterocycles. The van der Waals surface area contributed by atoms with Gasteiger partial charge in [-0.25, -0.2) is 0 Å². The Morgan fingerprint density at radius 1 is 1.31 bits per heavy atom. The molecule has 3 heteroatoms. The van der Waals surface area contributed by atoms with Gasteiger partial charge in [0.1, 0.15) is 0 Å². The maximum Gasteiger partial charge on any atom is 0.258 e. The maximum atomic E-state index is 11.6. The first-order valence-electron chi connectivity index (χ1n) is 3.93. The Morgan fingerprint density at radius 3 is 2.85 bits per heavy atom. The van der Waals surface area contributed by atoms with Crippen LogP contribution in [0, 0.1) is 0 Å². The standard InChI is InChI=1S/C10H8ClNO/c1-12-5-4-7-6-8(11)2-3-9(7)10(12)13/h2-6H,1H3. The lowest BCUT2D eigenvalue weighted by molar-refractivity contribution is 0.873. The molecule has 0 unspecified atom stereocenters. The Hall–Kier alpha value is -1.28. The van der Waals surface area contributed by atoms with Crippen LogP contribution in [0.5, 0.6) is 0 Å². The minimum atomic E-state index is 0.00849. The van der Waals surface area contributed by atoms with Crippen LogP contribution in [0.25, 0.3) is 10.8 Å². The molecule has 0 radical (unpaired) electrons. The van der Waals surface area contributed by atoms with Crippen LogP contribution in [0.1, 0.15) is 0 Å². The average molecular weight is 194 g/mol. The van der Waals surface area contributed by atoms with Crippen LogP contribution in [0.3, 0.4) is 0 Å². The van der Waals surface area contributed by atoms with Gasteiger partial charge in [-0.05, 0) is 29.7 Å². The highest BCUT2D eigenvalue weighted by Gasteiger charge is 1.99. The highest BCUT2D eigenvalue weighted by molar-refractivity contribution is 6.31. The van der Waals surface area contributed by atoms with Crippen LogP contribution in [0.2, 0.25) is 5.02 Å². The third-order valence-corrected chi connectivity index (χ3v) is 2.28. The van der Waals surface area contributed by atoms with E-state index in [9.17, 15) is 4.79 Å². The number of aromatic nitrogens is 1. The van der Waals surface area contributed by atoms with E-state index in [1.54, 1.807) is 36.0 Å². The summed E-state index contributed by atoms with van der Waals surface area (Å²) in [5.41, 5.74) is 0.00849. The third-order valence-electron chi connectivity index (χ3n) is 2.04. The Balaban J connectivity index is 2.95. The van der Waals surface area contributed by atoms with E-state index < -0.39 is 0 Å². The van der Waals surface area contributed by atoms with E-state index in [1.165, 1.54) is 0 Å². The summed E-state index contributed by atoms with van der Waals surface area (Å²) in [4.78, 5) is 11.6. The quantitative estimate of drug-likeness (QED) is 0.629. The predicted molar refractivity (Wildman–Crippen MR) is 54.2 cm³/mol. The van der Waals surface area contributed by atoms with Gasteiger partial charge in [0.25, 0.3) is 5.56 Å². The summed E-state index contributed by atoms with van der Waals surface area (Å²) in [6.07, 6.45) is 1.74. The van der Waals surface area contributed by atoms with Gasteiger partial charge in [0.15, 0.2) is 0 Å². The van der Waals surface area contributed by atoms with E-state index in [1.807, 2.05) is 6.07 Å². The van der Waals surface area contributed by atoms with Crippen LogP contribution in [0.4, 0.5) is 0 Å². The summed E-state index contributed by atoms with van der Waals surface area (Å²) in [5, 5.41) is 2.24. The molecule has 0 aliphatic heterocycles. The lowest BCUT2D eigenvalue weighted by Crippen LogP contribution is -2.15. The minimum Gasteiger partial charge on any atom is -0.318 e. The number of halogens is 1. The Labute approximate surface area is 80.4 Å². The fraction of sp³-hybridized carbons (Fsp3) is 0.100. The molecule has 0 N–H and O–H groups in total. The second-order valence-electron chi connectivity index (χ2n) is 2.96.